The fourth-order valence-corrected chi connectivity index (χ4v) is 0. The summed E-state index contributed by atoms with van der Waals surface area (Å²) >= 11 is 7.65. The third kappa shape index (κ3) is 143. The van der Waals surface area contributed by atoms with Crippen molar-refractivity contribution >= 4 is 29.2 Å². The zero-order chi connectivity index (χ0) is 3.58. The van der Waals surface area contributed by atoms with Crippen LogP contribution < -0.4 is 5.73 Å². The van der Waals surface area contributed by atoms with Gasteiger partial charge >= 0.3 is 19.5 Å². The minimum atomic E-state index is 0. The molecule has 0 saturated carbocycles. The number of hydrogen-bond donors (Lipinski definition) is 2. The average molecular weight is 254 g/mol. The maximum Gasteiger partial charge on any atom is 2.00 e. The molecule has 0 atom stereocenters. The first-order valence-corrected chi connectivity index (χ1v) is 1.57. The summed E-state index contributed by atoms with van der Waals surface area (Å²) < 4.78 is 0.194. The standard InChI is InChI=1S/CH3NS2.2CH3.2Zn/c2-1(3)4;;;;/h(H3,2,3,4);2*1H3;;/q;2*-1;;+2. The van der Waals surface area contributed by atoms with Crippen molar-refractivity contribution < 1.29 is 39.0 Å². The molecule has 2 N–H and O–H groups in total. The molecule has 0 rings (SSSR count). The Bertz CT molecular complexity index is 38.3. The van der Waals surface area contributed by atoms with Crippen LogP contribution in [-0.4, -0.2) is 4.32 Å². The number of thiol groups is 1. The fraction of sp³-hybridized carbons (Fsp3) is 0. The van der Waals surface area contributed by atoms with Gasteiger partial charge in [-0.15, -0.1) is 12.6 Å². The van der Waals surface area contributed by atoms with E-state index in [0.717, 1.165) is 0 Å². The smallest absolute Gasteiger partial charge is 0.385 e. The van der Waals surface area contributed by atoms with Crippen molar-refractivity contribution in [3.63, 3.8) is 0 Å². The van der Waals surface area contributed by atoms with Crippen LogP contribution in [0.15, 0.2) is 0 Å². The molecule has 42 valence electrons. The molecule has 0 fully saturated rings. The van der Waals surface area contributed by atoms with Crippen molar-refractivity contribution in [3.8, 4) is 0 Å². The molecule has 0 radical (unpaired) electrons. The van der Waals surface area contributed by atoms with E-state index in [2.05, 4.69) is 24.8 Å². The fourth-order valence-electron chi connectivity index (χ4n) is 0. The second-order valence-electron chi connectivity index (χ2n) is 0.338. The Kier molecular flexibility index (Phi) is 100. The van der Waals surface area contributed by atoms with Crippen LogP contribution in [0.1, 0.15) is 0 Å². The van der Waals surface area contributed by atoms with Crippen LogP contribution in [-0.2, 0) is 39.0 Å². The molecule has 0 aromatic heterocycles. The van der Waals surface area contributed by atoms with E-state index in [1.54, 1.807) is 0 Å². The molecule has 0 aromatic rings. The van der Waals surface area contributed by atoms with Gasteiger partial charge in [-0.2, -0.15) is 0 Å². The first-order valence-electron chi connectivity index (χ1n) is 0.716. The van der Waals surface area contributed by atoms with Crippen LogP contribution in [0.25, 0.3) is 0 Å². The van der Waals surface area contributed by atoms with E-state index >= 15 is 0 Å². The van der Waals surface area contributed by atoms with Crippen molar-refractivity contribution in [3.05, 3.63) is 14.9 Å². The summed E-state index contributed by atoms with van der Waals surface area (Å²) in [5, 5.41) is 0. The van der Waals surface area contributed by atoms with Crippen LogP contribution in [0.5, 0.6) is 0 Å². The normalized spacial score (nSPS) is 3.12. The van der Waals surface area contributed by atoms with E-state index < -0.39 is 0 Å². The summed E-state index contributed by atoms with van der Waals surface area (Å²) in [6, 6.07) is 0. The first-order chi connectivity index (χ1) is 1.73. The molecular weight excluding hydrogens is 245 g/mol. The Hall–Kier alpha value is 1.49. The van der Waals surface area contributed by atoms with Crippen LogP contribution in [0.4, 0.5) is 0 Å². The predicted octanol–water partition coefficient (Wildman–Crippen LogP) is 1.06. The minimum absolute atomic E-state index is 0. The molecule has 0 spiro atoms. The quantitative estimate of drug-likeness (QED) is 0.292. The topological polar surface area (TPSA) is 26.0 Å². The molecule has 0 heterocycles. The summed E-state index contributed by atoms with van der Waals surface area (Å²) in [7, 11) is 0. The van der Waals surface area contributed by atoms with Crippen LogP contribution >= 0.6 is 24.8 Å². The number of thiocarbonyl (C=S) groups is 1. The molecule has 0 unspecified atom stereocenters. The van der Waals surface area contributed by atoms with Crippen LogP contribution in [0, 0.1) is 14.9 Å². The monoisotopic (exact) mass is 251 g/mol. The summed E-state index contributed by atoms with van der Waals surface area (Å²) in [6.45, 7) is 0. The Morgan fingerprint density at radius 2 is 1.38 bits per heavy atom. The van der Waals surface area contributed by atoms with Crippen molar-refractivity contribution in [1.82, 2.24) is 0 Å². The summed E-state index contributed by atoms with van der Waals surface area (Å²) in [5.41, 5.74) is 4.71. The number of nitrogens with two attached hydrogens (primary N) is 1. The van der Waals surface area contributed by atoms with Crippen LogP contribution in [0.3, 0.4) is 0 Å². The molecule has 0 bridgehead atoms. The van der Waals surface area contributed by atoms with Crippen molar-refractivity contribution in [2.24, 2.45) is 5.73 Å². The molecule has 5 heteroatoms. The van der Waals surface area contributed by atoms with Gasteiger partial charge in [-0.25, -0.2) is 0 Å². The molecule has 0 saturated heterocycles. The SMILES string of the molecule is NC(=S)S.[CH3-].[CH3-].[Zn+2].[Zn]. The van der Waals surface area contributed by atoms with Gasteiger partial charge in [0.1, 0.15) is 4.32 Å². The Morgan fingerprint density at radius 3 is 1.38 bits per heavy atom. The number of hydrogen-bond acceptors (Lipinski definition) is 1. The van der Waals surface area contributed by atoms with Gasteiger partial charge in [0, 0.05) is 19.5 Å². The Labute approximate surface area is 88.1 Å². The zero-order valence-corrected chi connectivity index (χ0v) is 13.0. The van der Waals surface area contributed by atoms with Gasteiger partial charge in [-0.3, -0.25) is 0 Å². The first kappa shape index (κ1) is 33.9. The van der Waals surface area contributed by atoms with E-state index in [-0.39, 0.29) is 58.1 Å². The second-order valence-corrected chi connectivity index (χ2v) is 1.56. The maximum absolute atomic E-state index is 4.71. The van der Waals surface area contributed by atoms with E-state index in [4.69, 9.17) is 5.73 Å². The van der Waals surface area contributed by atoms with Gasteiger partial charge in [-0.05, 0) is 0 Å². The summed E-state index contributed by atoms with van der Waals surface area (Å²) in [5.74, 6) is 0. The molecule has 0 amide bonds. The molecule has 1 nitrogen and oxygen atoms in total. The van der Waals surface area contributed by atoms with E-state index in [0.29, 0.717) is 0 Å². The maximum atomic E-state index is 4.71. The Morgan fingerprint density at radius 1 is 1.38 bits per heavy atom. The van der Waals surface area contributed by atoms with Gasteiger partial charge in [-0.1, -0.05) is 12.2 Å². The van der Waals surface area contributed by atoms with Gasteiger partial charge < -0.3 is 20.6 Å². The van der Waals surface area contributed by atoms with Crippen molar-refractivity contribution in [1.29, 1.82) is 0 Å². The predicted molar refractivity (Wildman–Crippen MR) is 38.6 cm³/mol. The van der Waals surface area contributed by atoms with Gasteiger partial charge in [0.05, 0.1) is 0 Å². The van der Waals surface area contributed by atoms with E-state index in [1.807, 2.05) is 0 Å². The Balaban J connectivity index is -0.00000000750. The van der Waals surface area contributed by atoms with E-state index in [1.165, 1.54) is 0 Å². The summed E-state index contributed by atoms with van der Waals surface area (Å²) in [4.78, 5) is 0. The third-order valence-electron chi connectivity index (χ3n) is 0. The third-order valence-corrected chi connectivity index (χ3v) is 0. The van der Waals surface area contributed by atoms with Gasteiger partial charge in [0.25, 0.3) is 0 Å². The summed E-state index contributed by atoms with van der Waals surface area (Å²) in [6.07, 6.45) is 0. The molecule has 8 heavy (non-hydrogen) atoms. The molecule has 0 aliphatic heterocycles. The van der Waals surface area contributed by atoms with Crippen LogP contribution in [0.2, 0.25) is 0 Å². The van der Waals surface area contributed by atoms with Gasteiger partial charge in [0.15, 0.2) is 0 Å². The molecule has 0 aliphatic rings. The molecular formula is C3H9NS2Zn2. The molecule has 0 aromatic carbocycles. The number of rotatable bonds is 0. The van der Waals surface area contributed by atoms with Crippen molar-refractivity contribution in [2.45, 2.75) is 0 Å². The largest absolute Gasteiger partial charge is 2.00 e. The molecule has 0 aliphatic carbocycles. The second kappa shape index (κ2) is 23.6. The van der Waals surface area contributed by atoms with E-state index in [9.17, 15) is 0 Å². The minimum Gasteiger partial charge on any atom is -0.385 e. The van der Waals surface area contributed by atoms with Crippen molar-refractivity contribution in [2.75, 3.05) is 0 Å². The van der Waals surface area contributed by atoms with Gasteiger partial charge in [0.2, 0.25) is 0 Å². The zero-order valence-electron chi connectivity index (χ0n) is 5.35. The average Bonchev–Trinajstić information content (AvgIpc) is 0.811.